The first-order chi connectivity index (χ1) is 10.6. The minimum Gasteiger partial charge on any atom is -0.474 e. The average Bonchev–Trinajstić information content (AvgIpc) is 2.83. The lowest BCUT2D eigenvalue weighted by Crippen LogP contribution is -2.26. The summed E-state index contributed by atoms with van der Waals surface area (Å²) in [5, 5.41) is 0. The van der Waals surface area contributed by atoms with Crippen molar-refractivity contribution in [1.29, 1.82) is 0 Å². The lowest BCUT2D eigenvalue weighted by atomic mass is 9.97. The fourth-order valence-corrected chi connectivity index (χ4v) is 2.97. The van der Waals surface area contributed by atoms with Gasteiger partial charge in [-0.25, -0.2) is 4.98 Å². The summed E-state index contributed by atoms with van der Waals surface area (Å²) >= 11 is 0. The van der Waals surface area contributed by atoms with Crippen molar-refractivity contribution in [2.24, 2.45) is 0 Å². The maximum absolute atomic E-state index is 12.4. The average molecular weight is 292 g/mol. The standard InChI is InChI=1S/C18H16N2O2/c1-11-12(2)20-9-8-14-10-15(21)16(13-6-4-3-5-7-13)22-17(14)18(20)19-11/h3-9,16H,10H2,1-2H3. The monoisotopic (exact) mass is 292 g/mol. The first-order valence-corrected chi connectivity index (χ1v) is 7.36. The van der Waals surface area contributed by atoms with Crippen LogP contribution in [0.2, 0.25) is 0 Å². The molecule has 4 heteroatoms. The molecule has 110 valence electrons. The summed E-state index contributed by atoms with van der Waals surface area (Å²) in [5.41, 5.74) is 4.66. The van der Waals surface area contributed by atoms with Gasteiger partial charge >= 0.3 is 0 Å². The zero-order valence-electron chi connectivity index (χ0n) is 12.5. The number of aromatic nitrogens is 2. The Hall–Kier alpha value is -2.62. The van der Waals surface area contributed by atoms with E-state index < -0.39 is 6.10 Å². The minimum atomic E-state index is -0.544. The topological polar surface area (TPSA) is 43.6 Å². The Balaban J connectivity index is 1.87. The van der Waals surface area contributed by atoms with Crippen LogP contribution < -0.4 is 4.74 Å². The van der Waals surface area contributed by atoms with Gasteiger partial charge in [-0.3, -0.25) is 4.79 Å². The second-order valence-corrected chi connectivity index (χ2v) is 5.70. The van der Waals surface area contributed by atoms with Gasteiger partial charge in [-0.1, -0.05) is 30.3 Å². The smallest absolute Gasteiger partial charge is 0.182 e. The molecule has 0 N–H and O–H groups in total. The fraction of sp³-hybridized carbons (Fsp3) is 0.222. The quantitative estimate of drug-likeness (QED) is 0.692. The Bertz CT molecular complexity index is 881. The Kier molecular flexibility index (Phi) is 2.79. The molecular formula is C18H16N2O2. The number of nitrogens with zero attached hydrogens (tertiary/aromatic N) is 2. The van der Waals surface area contributed by atoms with Gasteiger partial charge in [0, 0.05) is 23.9 Å². The van der Waals surface area contributed by atoms with E-state index in [0.29, 0.717) is 6.42 Å². The van der Waals surface area contributed by atoms with Crippen molar-refractivity contribution in [2.45, 2.75) is 26.4 Å². The van der Waals surface area contributed by atoms with Crippen molar-refractivity contribution in [3.63, 3.8) is 0 Å². The number of aryl methyl sites for hydroxylation is 2. The Morgan fingerprint density at radius 3 is 2.73 bits per heavy atom. The number of carbonyl (C=O) groups excluding carboxylic acids is 1. The molecule has 3 heterocycles. The maximum atomic E-state index is 12.4. The summed E-state index contributed by atoms with van der Waals surface area (Å²) in [7, 11) is 0. The predicted octanol–water partition coefficient (Wildman–Crippen LogP) is 3.20. The Morgan fingerprint density at radius 1 is 1.18 bits per heavy atom. The molecule has 1 atom stereocenters. The van der Waals surface area contributed by atoms with Crippen molar-refractivity contribution in [3.8, 4) is 5.75 Å². The summed E-state index contributed by atoms with van der Waals surface area (Å²) in [6, 6.07) is 11.6. The second kappa shape index (κ2) is 4.70. The fourth-order valence-electron chi connectivity index (χ4n) is 2.97. The summed E-state index contributed by atoms with van der Waals surface area (Å²) in [6.07, 6.45) is 1.80. The molecule has 0 amide bonds. The third-order valence-electron chi connectivity index (χ3n) is 4.30. The van der Waals surface area contributed by atoms with Gasteiger partial charge in [0.1, 0.15) is 0 Å². The molecule has 3 aromatic rings. The van der Waals surface area contributed by atoms with Gasteiger partial charge in [0.15, 0.2) is 23.3 Å². The van der Waals surface area contributed by atoms with Gasteiger partial charge in [-0.05, 0) is 25.5 Å². The highest BCUT2D eigenvalue weighted by Crippen LogP contribution is 2.36. The van der Waals surface area contributed by atoms with E-state index in [9.17, 15) is 4.79 Å². The third-order valence-corrected chi connectivity index (χ3v) is 4.30. The van der Waals surface area contributed by atoms with Crippen molar-refractivity contribution < 1.29 is 9.53 Å². The molecule has 0 bridgehead atoms. The number of carbonyl (C=O) groups is 1. The molecule has 1 aliphatic heterocycles. The van der Waals surface area contributed by atoms with Crippen LogP contribution in [0.4, 0.5) is 0 Å². The number of hydrogen-bond donors (Lipinski definition) is 0. The van der Waals surface area contributed by atoms with E-state index in [1.54, 1.807) is 0 Å². The van der Waals surface area contributed by atoms with E-state index in [2.05, 4.69) is 4.98 Å². The van der Waals surface area contributed by atoms with Crippen LogP contribution in [0, 0.1) is 13.8 Å². The molecule has 1 unspecified atom stereocenters. The summed E-state index contributed by atoms with van der Waals surface area (Å²) in [4.78, 5) is 17.0. The van der Waals surface area contributed by atoms with Crippen LogP contribution in [0.25, 0.3) is 5.65 Å². The minimum absolute atomic E-state index is 0.0862. The third kappa shape index (κ3) is 1.84. The van der Waals surface area contributed by atoms with Crippen molar-refractivity contribution in [2.75, 3.05) is 0 Å². The largest absolute Gasteiger partial charge is 0.474 e. The molecule has 1 aliphatic rings. The van der Waals surface area contributed by atoms with Gasteiger partial charge in [-0.2, -0.15) is 0 Å². The number of benzene rings is 1. The molecule has 4 nitrogen and oxygen atoms in total. The Labute approximate surface area is 128 Å². The molecule has 4 rings (SSSR count). The van der Waals surface area contributed by atoms with Crippen molar-refractivity contribution in [3.05, 3.63) is 65.1 Å². The van der Waals surface area contributed by atoms with Gasteiger partial charge in [-0.15, -0.1) is 0 Å². The molecule has 0 spiro atoms. The number of ketones is 1. The molecule has 0 radical (unpaired) electrons. The van der Waals surface area contributed by atoms with Crippen LogP contribution in [0.15, 0.2) is 42.6 Å². The molecule has 0 saturated heterocycles. The summed E-state index contributed by atoms with van der Waals surface area (Å²) < 4.78 is 8.10. The van der Waals surface area contributed by atoms with Crippen LogP contribution in [0.5, 0.6) is 5.75 Å². The zero-order chi connectivity index (χ0) is 15.3. The molecule has 0 aliphatic carbocycles. The number of imidazole rings is 1. The van der Waals surface area contributed by atoms with Crippen LogP contribution in [-0.2, 0) is 11.2 Å². The number of fused-ring (bicyclic) bond motifs is 3. The predicted molar refractivity (Wildman–Crippen MR) is 83.2 cm³/mol. The highest BCUT2D eigenvalue weighted by atomic mass is 16.5. The van der Waals surface area contributed by atoms with E-state index in [0.717, 1.165) is 33.9 Å². The lowest BCUT2D eigenvalue weighted by Gasteiger charge is -2.25. The van der Waals surface area contributed by atoms with Crippen LogP contribution in [0.3, 0.4) is 0 Å². The Morgan fingerprint density at radius 2 is 1.95 bits per heavy atom. The van der Waals surface area contributed by atoms with Crippen molar-refractivity contribution in [1.82, 2.24) is 9.38 Å². The summed E-state index contributed by atoms with van der Waals surface area (Å²) in [5.74, 6) is 0.815. The van der Waals surface area contributed by atoms with E-state index in [-0.39, 0.29) is 5.78 Å². The highest BCUT2D eigenvalue weighted by Gasteiger charge is 2.31. The maximum Gasteiger partial charge on any atom is 0.182 e. The highest BCUT2D eigenvalue weighted by molar-refractivity contribution is 5.90. The molecule has 1 aromatic carbocycles. The normalized spacial score (nSPS) is 17.4. The lowest BCUT2D eigenvalue weighted by molar-refractivity contribution is -0.126. The number of hydrogen-bond acceptors (Lipinski definition) is 3. The zero-order valence-corrected chi connectivity index (χ0v) is 12.5. The van der Waals surface area contributed by atoms with Gasteiger partial charge in [0.2, 0.25) is 0 Å². The summed E-state index contributed by atoms with van der Waals surface area (Å²) in [6.45, 7) is 4.02. The van der Waals surface area contributed by atoms with Crippen molar-refractivity contribution >= 4 is 11.4 Å². The SMILES string of the molecule is Cc1nc2c3c(ccn2c1C)CC(=O)C(c1ccccc1)O3. The molecule has 0 fully saturated rings. The molecule has 0 saturated carbocycles. The van der Waals surface area contributed by atoms with Gasteiger partial charge in [0.05, 0.1) is 5.69 Å². The van der Waals surface area contributed by atoms with Gasteiger partial charge < -0.3 is 9.14 Å². The van der Waals surface area contributed by atoms with E-state index >= 15 is 0 Å². The van der Waals surface area contributed by atoms with Crippen LogP contribution in [-0.4, -0.2) is 15.2 Å². The molecular weight excluding hydrogens is 276 g/mol. The first kappa shape index (κ1) is 13.1. The number of ether oxygens (including phenoxy) is 1. The van der Waals surface area contributed by atoms with E-state index in [1.165, 1.54) is 0 Å². The van der Waals surface area contributed by atoms with Crippen LogP contribution >= 0.6 is 0 Å². The number of pyridine rings is 1. The number of rotatable bonds is 1. The van der Waals surface area contributed by atoms with Crippen LogP contribution in [0.1, 0.15) is 28.6 Å². The van der Waals surface area contributed by atoms with Gasteiger partial charge in [0.25, 0.3) is 0 Å². The van der Waals surface area contributed by atoms with E-state index in [4.69, 9.17) is 4.74 Å². The van der Waals surface area contributed by atoms with E-state index in [1.807, 2.05) is 60.8 Å². The second-order valence-electron chi connectivity index (χ2n) is 5.70. The molecule has 2 aromatic heterocycles. The molecule has 22 heavy (non-hydrogen) atoms. The first-order valence-electron chi connectivity index (χ1n) is 7.36. The number of Topliss-reactive ketones (excluding diaryl/α,β-unsaturated/α-hetero) is 1.